The molecule has 0 radical (unpaired) electrons. The summed E-state index contributed by atoms with van der Waals surface area (Å²) in [6.07, 6.45) is 8.77. The van der Waals surface area contributed by atoms with Gasteiger partial charge in [0.2, 0.25) is 0 Å². The van der Waals surface area contributed by atoms with Crippen LogP contribution in [0, 0.1) is 0 Å². The fourth-order valence-corrected chi connectivity index (χ4v) is 4.08. The number of anilines is 1. The molecule has 2 aromatic rings. The molecule has 0 unspecified atom stereocenters. The molecular formula is C21H33N5OS. The fourth-order valence-electron chi connectivity index (χ4n) is 3.68. The van der Waals surface area contributed by atoms with Crippen LogP contribution in [0.3, 0.4) is 0 Å². The molecule has 154 valence electrons. The van der Waals surface area contributed by atoms with Crippen molar-refractivity contribution in [2.45, 2.75) is 70.5 Å². The molecule has 28 heavy (non-hydrogen) atoms. The van der Waals surface area contributed by atoms with Crippen LogP contribution >= 0.6 is 11.8 Å². The number of aromatic nitrogens is 2. The van der Waals surface area contributed by atoms with Crippen LogP contribution in [-0.4, -0.2) is 44.9 Å². The first-order valence-electron chi connectivity index (χ1n) is 10.1. The number of carbonyl (C=O) groups excluding carboxylic acids is 1. The third-order valence-corrected chi connectivity index (χ3v) is 5.72. The molecular weight excluding hydrogens is 370 g/mol. The van der Waals surface area contributed by atoms with Gasteiger partial charge in [-0.1, -0.05) is 0 Å². The molecule has 0 saturated heterocycles. The molecule has 1 aliphatic carbocycles. The minimum atomic E-state index is -0.0941. The van der Waals surface area contributed by atoms with E-state index in [1.807, 2.05) is 22.7 Å². The van der Waals surface area contributed by atoms with Crippen molar-refractivity contribution in [2.75, 3.05) is 17.3 Å². The summed E-state index contributed by atoms with van der Waals surface area (Å²) in [6, 6.07) is 4.26. The van der Waals surface area contributed by atoms with Crippen molar-refractivity contribution in [1.29, 1.82) is 0 Å². The Kier molecular flexibility index (Phi) is 6.55. The summed E-state index contributed by atoms with van der Waals surface area (Å²) in [5.41, 5.74) is 8.25. The van der Waals surface area contributed by atoms with Gasteiger partial charge in [-0.15, -0.1) is 0 Å². The van der Waals surface area contributed by atoms with Crippen molar-refractivity contribution in [1.82, 2.24) is 14.7 Å². The highest BCUT2D eigenvalue weighted by atomic mass is 32.2. The number of hydrogen-bond donors (Lipinski definition) is 3. The SMILES string of the molecule is CSCCc1nc2c(C(=O)NC3CCC(N)CC3)cccn2c1NC(C)(C)C. The van der Waals surface area contributed by atoms with Crippen molar-refractivity contribution in [3.63, 3.8) is 0 Å². The van der Waals surface area contributed by atoms with E-state index in [9.17, 15) is 4.79 Å². The molecule has 7 heteroatoms. The lowest BCUT2D eigenvalue weighted by Crippen LogP contribution is -2.40. The van der Waals surface area contributed by atoms with Crippen molar-refractivity contribution in [3.05, 3.63) is 29.6 Å². The number of carbonyl (C=O) groups is 1. The molecule has 0 aliphatic heterocycles. The monoisotopic (exact) mass is 403 g/mol. The second kappa shape index (κ2) is 8.74. The fraction of sp³-hybridized carbons (Fsp3) is 0.619. The van der Waals surface area contributed by atoms with Crippen molar-refractivity contribution in [2.24, 2.45) is 5.73 Å². The molecule has 0 aromatic carbocycles. The van der Waals surface area contributed by atoms with Gasteiger partial charge in [0.15, 0.2) is 5.65 Å². The molecule has 4 N–H and O–H groups in total. The van der Waals surface area contributed by atoms with E-state index in [-0.39, 0.29) is 23.5 Å². The van der Waals surface area contributed by atoms with E-state index >= 15 is 0 Å². The molecule has 1 fully saturated rings. The highest BCUT2D eigenvalue weighted by Crippen LogP contribution is 2.25. The molecule has 2 aromatic heterocycles. The first-order chi connectivity index (χ1) is 13.3. The number of aryl methyl sites for hydroxylation is 1. The van der Waals surface area contributed by atoms with Crippen LogP contribution in [0.15, 0.2) is 18.3 Å². The van der Waals surface area contributed by atoms with Crippen LogP contribution in [0.1, 0.15) is 62.5 Å². The Morgan fingerprint density at radius 1 is 1.32 bits per heavy atom. The Hall–Kier alpha value is -1.73. The number of nitrogens with zero attached hydrogens (tertiary/aromatic N) is 2. The zero-order valence-electron chi connectivity index (χ0n) is 17.4. The van der Waals surface area contributed by atoms with E-state index in [0.717, 1.165) is 55.0 Å². The molecule has 0 bridgehead atoms. The van der Waals surface area contributed by atoms with Gasteiger partial charge in [0.1, 0.15) is 5.82 Å². The predicted molar refractivity (Wildman–Crippen MR) is 118 cm³/mol. The van der Waals surface area contributed by atoms with Gasteiger partial charge < -0.3 is 16.4 Å². The molecule has 0 spiro atoms. The summed E-state index contributed by atoms with van der Waals surface area (Å²) in [6.45, 7) is 6.40. The Morgan fingerprint density at radius 3 is 2.68 bits per heavy atom. The lowest BCUT2D eigenvalue weighted by molar-refractivity contribution is 0.0927. The number of thioether (sulfide) groups is 1. The van der Waals surface area contributed by atoms with Crippen molar-refractivity contribution in [3.8, 4) is 0 Å². The topological polar surface area (TPSA) is 84.5 Å². The second-order valence-corrected chi connectivity index (χ2v) is 9.71. The standard InChI is InChI=1S/C21H33N5OS/c1-21(2,3)25-19-17(11-13-28-4)24-18-16(6-5-12-26(18)19)20(27)23-15-9-7-14(22)8-10-15/h5-6,12,14-15,25H,7-11,13,22H2,1-4H3,(H,23,27). The van der Waals surface area contributed by atoms with Gasteiger partial charge in [-0.05, 0) is 70.6 Å². The Morgan fingerprint density at radius 2 is 2.04 bits per heavy atom. The average Bonchev–Trinajstić information content (AvgIpc) is 2.97. The molecule has 1 amide bonds. The zero-order chi connectivity index (χ0) is 20.3. The number of nitrogens with two attached hydrogens (primary N) is 1. The van der Waals surface area contributed by atoms with Gasteiger partial charge in [-0.3, -0.25) is 9.20 Å². The summed E-state index contributed by atoms with van der Waals surface area (Å²) in [5.74, 6) is 1.93. The summed E-state index contributed by atoms with van der Waals surface area (Å²) < 4.78 is 2.02. The smallest absolute Gasteiger partial charge is 0.255 e. The summed E-state index contributed by atoms with van der Waals surface area (Å²) >= 11 is 1.80. The highest BCUT2D eigenvalue weighted by Gasteiger charge is 2.24. The van der Waals surface area contributed by atoms with Crippen LogP contribution in [0.2, 0.25) is 0 Å². The third-order valence-electron chi connectivity index (χ3n) is 5.11. The summed E-state index contributed by atoms with van der Waals surface area (Å²) in [5, 5.41) is 6.78. The van der Waals surface area contributed by atoms with Gasteiger partial charge in [0.25, 0.3) is 5.91 Å². The maximum atomic E-state index is 13.0. The Balaban J connectivity index is 1.91. The minimum Gasteiger partial charge on any atom is -0.365 e. The number of amides is 1. The Labute approximate surface area is 172 Å². The minimum absolute atomic E-state index is 0.0465. The predicted octanol–water partition coefficient (Wildman–Crippen LogP) is 3.45. The van der Waals surface area contributed by atoms with Gasteiger partial charge in [-0.25, -0.2) is 4.98 Å². The second-order valence-electron chi connectivity index (χ2n) is 8.73. The normalized spacial score (nSPS) is 20.3. The zero-order valence-corrected chi connectivity index (χ0v) is 18.2. The lowest BCUT2D eigenvalue weighted by atomic mass is 9.91. The first-order valence-corrected chi connectivity index (χ1v) is 11.5. The number of rotatable bonds is 6. The third kappa shape index (κ3) is 5.00. The van der Waals surface area contributed by atoms with Crippen LogP contribution in [0.4, 0.5) is 5.82 Å². The van der Waals surface area contributed by atoms with Crippen molar-refractivity contribution < 1.29 is 4.79 Å². The summed E-state index contributed by atoms with van der Waals surface area (Å²) in [4.78, 5) is 17.9. The van der Waals surface area contributed by atoms with Crippen LogP contribution in [0.25, 0.3) is 5.65 Å². The van der Waals surface area contributed by atoms with E-state index < -0.39 is 0 Å². The molecule has 1 saturated carbocycles. The molecule has 2 heterocycles. The van der Waals surface area contributed by atoms with Gasteiger partial charge in [-0.2, -0.15) is 11.8 Å². The first kappa shape index (κ1) is 21.0. The maximum absolute atomic E-state index is 13.0. The van der Waals surface area contributed by atoms with Crippen LogP contribution in [-0.2, 0) is 6.42 Å². The van der Waals surface area contributed by atoms with E-state index in [4.69, 9.17) is 10.7 Å². The van der Waals surface area contributed by atoms with E-state index in [1.54, 1.807) is 11.8 Å². The number of fused-ring (bicyclic) bond motifs is 1. The van der Waals surface area contributed by atoms with Crippen LogP contribution < -0.4 is 16.4 Å². The largest absolute Gasteiger partial charge is 0.365 e. The van der Waals surface area contributed by atoms with Gasteiger partial charge in [0.05, 0.1) is 11.3 Å². The molecule has 3 rings (SSSR count). The molecule has 1 aliphatic rings. The highest BCUT2D eigenvalue weighted by molar-refractivity contribution is 7.98. The van der Waals surface area contributed by atoms with E-state index in [2.05, 4.69) is 37.7 Å². The van der Waals surface area contributed by atoms with Gasteiger partial charge >= 0.3 is 0 Å². The van der Waals surface area contributed by atoms with Crippen LogP contribution in [0.5, 0.6) is 0 Å². The number of hydrogen-bond acceptors (Lipinski definition) is 5. The average molecular weight is 404 g/mol. The summed E-state index contributed by atoms with van der Waals surface area (Å²) in [7, 11) is 0. The lowest BCUT2D eigenvalue weighted by Gasteiger charge is -2.26. The van der Waals surface area contributed by atoms with Gasteiger partial charge in [0, 0.05) is 30.2 Å². The van der Waals surface area contributed by atoms with Crippen molar-refractivity contribution >= 4 is 29.1 Å². The quantitative estimate of drug-likeness (QED) is 0.688. The molecule has 0 atom stereocenters. The van der Waals surface area contributed by atoms with E-state index in [1.165, 1.54) is 0 Å². The number of pyridine rings is 1. The Bertz CT molecular complexity index is 818. The number of imidazole rings is 1. The maximum Gasteiger partial charge on any atom is 0.255 e. The number of nitrogens with one attached hydrogen (secondary N) is 2. The van der Waals surface area contributed by atoms with E-state index in [0.29, 0.717) is 5.56 Å². The molecule has 6 nitrogen and oxygen atoms in total.